The van der Waals surface area contributed by atoms with Crippen LogP contribution in [-0.4, -0.2) is 9.67 Å². The molecule has 19 heavy (non-hydrogen) atoms. The summed E-state index contributed by atoms with van der Waals surface area (Å²) in [6.45, 7) is 13.6. The molecule has 0 aromatic carbocycles. The van der Waals surface area contributed by atoms with Crippen molar-refractivity contribution in [3.8, 4) is 0 Å². The van der Waals surface area contributed by atoms with Gasteiger partial charge < -0.3 is 9.67 Å². The molecule has 1 aliphatic rings. The highest BCUT2D eigenvalue weighted by Crippen LogP contribution is 2.43. The van der Waals surface area contributed by atoms with E-state index in [1.165, 1.54) is 17.0 Å². The lowest BCUT2D eigenvalue weighted by atomic mass is 9.75. The third-order valence-electron chi connectivity index (χ3n) is 4.64. The van der Waals surface area contributed by atoms with Gasteiger partial charge in [-0.05, 0) is 43.6 Å². The Morgan fingerprint density at radius 2 is 2.05 bits per heavy atom. The van der Waals surface area contributed by atoms with Gasteiger partial charge in [-0.1, -0.05) is 34.6 Å². The van der Waals surface area contributed by atoms with Crippen molar-refractivity contribution < 1.29 is 5.11 Å². The monoisotopic (exact) mass is 263 g/mol. The second-order valence-electron chi connectivity index (χ2n) is 7.34. The van der Waals surface area contributed by atoms with Gasteiger partial charge in [-0.25, -0.2) is 0 Å². The zero-order valence-corrected chi connectivity index (χ0v) is 13.3. The quantitative estimate of drug-likeness (QED) is 0.858. The molecule has 0 bridgehead atoms. The average molecular weight is 263 g/mol. The predicted octanol–water partition coefficient (Wildman–Crippen LogP) is 4.41. The van der Waals surface area contributed by atoms with E-state index in [2.05, 4.69) is 52.2 Å². The number of rotatable bonds is 3. The van der Waals surface area contributed by atoms with Crippen molar-refractivity contribution in [2.75, 3.05) is 0 Å². The molecule has 1 heterocycles. The molecular formula is C17H29NO. The van der Waals surface area contributed by atoms with E-state index in [0.717, 1.165) is 19.3 Å². The first-order valence-electron chi connectivity index (χ1n) is 7.65. The largest absolute Gasteiger partial charge is 0.388 e. The lowest BCUT2D eigenvalue weighted by Gasteiger charge is -2.36. The maximum Gasteiger partial charge on any atom is 0.0812 e. The van der Waals surface area contributed by atoms with Gasteiger partial charge in [0, 0.05) is 23.0 Å². The van der Waals surface area contributed by atoms with Crippen LogP contribution in [0.4, 0.5) is 0 Å². The van der Waals surface area contributed by atoms with Crippen LogP contribution in [0, 0.1) is 18.3 Å². The van der Waals surface area contributed by atoms with Crippen LogP contribution in [0.25, 0.3) is 0 Å². The van der Waals surface area contributed by atoms with Gasteiger partial charge in [-0.2, -0.15) is 0 Å². The topological polar surface area (TPSA) is 25.2 Å². The van der Waals surface area contributed by atoms with E-state index in [0.29, 0.717) is 12.0 Å². The number of aliphatic hydroxyl groups is 1. The number of hydrogen-bond donors (Lipinski definition) is 1. The fourth-order valence-corrected chi connectivity index (χ4v) is 3.78. The van der Waals surface area contributed by atoms with Gasteiger partial charge in [0.25, 0.3) is 0 Å². The number of aromatic nitrogens is 1. The van der Waals surface area contributed by atoms with E-state index in [1.807, 2.05) is 0 Å². The summed E-state index contributed by atoms with van der Waals surface area (Å²) in [6, 6.07) is 2.75. The first-order valence-corrected chi connectivity index (χ1v) is 7.65. The molecule has 108 valence electrons. The lowest BCUT2D eigenvalue weighted by Crippen LogP contribution is -2.28. The van der Waals surface area contributed by atoms with Crippen molar-refractivity contribution in [2.45, 2.75) is 73.0 Å². The van der Waals surface area contributed by atoms with E-state index >= 15 is 0 Å². The minimum absolute atomic E-state index is 0.199. The molecule has 2 unspecified atom stereocenters. The van der Waals surface area contributed by atoms with Crippen molar-refractivity contribution in [1.29, 1.82) is 0 Å². The molecule has 0 saturated carbocycles. The van der Waals surface area contributed by atoms with Gasteiger partial charge in [-0.15, -0.1) is 0 Å². The van der Waals surface area contributed by atoms with E-state index in [1.54, 1.807) is 0 Å². The third kappa shape index (κ3) is 2.60. The lowest BCUT2D eigenvalue weighted by molar-refractivity contribution is 0.0968. The maximum atomic E-state index is 10.4. The SMILES string of the molecule is CCC(C(C)C)n1c(C)cc2c1CC(C)(C)CC2O. The highest BCUT2D eigenvalue weighted by atomic mass is 16.3. The molecule has 1 N–H and O–H groups in total. The predicted molar refractivity (Wildman–Crippen MR) is 80.4 cm³/mol. The average Bonchev–Trinajstić information content (AvgIpc) is 2.56. The molecule has 0 radical (unpaired) electrons. The molecule has 0 fully saturated rings. The smallest absolute Gasteiger partial charge is 0.0812 e. The summed E-state index contributed by atoms with van der Waals surface area (Å²) < 4.78 is 2.50. The molecule has 0 amide bonds. The van der Waals surface area contributed by atoms with Crippen molar-refractivity contribution >= 4 is 0 Å². The number of aryl methyl sites for hydroxylation is 1. The van der Waals surface area contributed by atoms with Crippen molar-refractivity contribution in [2.24, 2.45) is 11.3 Å². The van der Waals surface area contributed by atoms with Crippen LogP contribution < -0.4 is 0 Å². The molecule has 1 aliphatic carbocycles. The highest BCUT2D eigenvalue weighted by molar-refractivity contribution is 5.34. The van der Waals surface area contributed by atoms with Crippen molar-refractivity contribution in [3.05, 3.63) is 23.0 Å². The van der Waals surface area contributed by atoms with E-state index in [9.17, 15) is 5.11 Å². The summed E-state index contributed by atoms with van der Waals surface area (Å²) >= 11 is 0. The Hall–Kier alpha value is -0.760. The molecular weight excluding hydrogens is 234 g/mol. The summed E-state index contributed by atoms with van der Waals surface area (Å²) in [5, 5.41) is 10.4. The van der Waals surface area contributed by atoms with Crippen LogP contribution >= 0.6 is 0 Å². The Morgan fingerprint density at radius 1 is 1.42 bits per heavy atom. The van der Waals surface area contributed by atoms with Crippen LogP contribution in [-0.2, 0) is 6.42 Å². The molecule has 2 atom stereocenters. The number of nitrogens with zero attached hydrogens (tertiary/aromatic N) is 1. The van der Waals surface area contributed by atoms with Gasteiger partial charge in [-0.3, -0.25) is 0 Å². The Labute approximate surface area is 117 Å². The van der Waals surface area contributed by atoms with E-state index in [4.69, 9.17) is 0 Å². The fourth-order valence-electron chi connectivity index (χ4n) is 3.78. The standard InChI is InChI=1S/C17H29NO/c1-7-14(11(2)3)18-12(4)8-13-15(18)9-17(5,6)10-16(13)19/h8,11,14,16,19H,7,9-10H2,1-6H3. The normalized spacial score (nSPS) is 23.5. The first kappa shape index (κ1) is 14.6. The number of fused-ring (bicyclic) bond motifs is 1. The second-order valence-corrected chi connectivity index (χ2v) is 7.34. The number of hydrogen-bond acceptors (Lipinski definition) is 1. The maximum absolute atomic E-state index is 10.4. The molecule has 2 rings (SSSR count). The van der Waals surface area contributed by atoms with E-state index in [-0.39, 0.29) is 11.5 Å². The molecule has 1 aromatic heterocycles. The van der Waals surface area contributed by atoms with Gasteiger partial charge in [0.15, 0.2) is 0 Å². The highest BCUT2D eigenvalue weighted by Gasteiger charge is 2.35. The minimum atomic E-state index is -0.289. The Kier molecular flexibility index (Phi) is 3.83. The third-order valence-corrected chi connectivity index (χ3v) is 4.64. The zero-order valence-electron chi connectivity index (χ0n) is 13.3. The molecule has 0 spiro atoms. The van der Waals surface area contributed by atoms with Crippen LogP contribution in [0.2, 0.25) is 0 Å². The molecule has 1 aromatic rings. The minimum Gasteiger partial charge on any atom is -0.388 e. The summed E-state index contributed by atoms with van der Waals surface area (Å²) in [5.74, 6) is 0.627. The van der Waals surface area contributed by atoms with Crippen molar-refractivity contribution in [3.63, 3.8) is 0 Å². The summed E-state index contributed by atoms with van der Waals surface area (Å²) in [5.41, 5.74) is 4.06. The van der Waals surface area contributed by atoms with Crippen LogP contribution in [0.3, 0.4) is 0 Å². The van der Waals surface area contributed by atoms with Gasteiger partial charge in [0.1, 0.15) is 0 Å². The Morgan fingerprint density at radius 3 is 2.58 bits per heavy atom. The van der Waals surface area contributed by atoms with Gasteiger partial charge >= 0.3 is 0 Å². The first-order chi connectivity index (χ1) is 8.76. The molecule has 0 saturated heterocycles. The fraction of sp³-hybridized carbons (Fsp3) is 0.765. The summed E-state index contributed by atoms with van der Waals surface area (Å²) in [6.07, 6.45) is 2.82. The van der Waals surface area contributed by atoms with Crippen LogP contribution in [0.15, 0.2) is 6.07 Å². The van der Waals surface area contributed by atoms with Crippen molar-refractivity contribution in [1.82, 2.24) is 4.57 Å². The molecule has 2 nitrogen and oxygen atoms in total. The molecule has 0 aliphatic heterocycles. The summed E-state index contributed by atoms with van der Waals surface area (Å²) in [4.78, 5) is 0. The second kappa shape index (κ2) is 4.97. The van der Waals surface area contributed by atoms with Crippen LogP contribution in [0.5, 0.6) is 0 Å². The summed E-state index contributed by atoms with van der Waals surface area (Å²) in [7, 11) is 0. The van der Waals surface area contributed by atoms with Gasteiger partial charge in [0.2, 0.25) is 0 Å². The van der Waals surface area contributed by atoms with E-state index < -0.39 is 0 Å². The zero-order chi connectivity index (χ0) is 14.4. The van der Waals surface area contributed by atoms with Crippen LogP contribution in [0.1, 0.15) is 76.6 Å². The molecule has 2 heteroatoms. The van der Waals surface area contributed by atoms with Gasteiger partial charge in [0.05, 0.1) is 6.10 Å². The number of aliphatic hydroxyl groups excluding tert-OH is 1. The Bertz CT molecular complexity index is 456. The Balaban J connectivity index is 2.52.